The molecule has 0 aromatic carbocycles. The molecule has 0 radical (unpaired) electrons. The molecule has 0 aliphatic rings. The molecule has 0 heterocycles. The van der Waals surface area contributed by atoms with Crippen molar-refractivity contribution in [1.82, 2.24) is 10.6 Å². The van der Waals surface area contributed by atoms with Crippen LogP contribution in [0.2, 0.25) is 0 Å². The van der Waals surface area contributed by atoms with Crippen molar-refractivity contribution >= 4 is 0 Å². The molecule has 0 bridgehead atoms. The summed E-state index contributed by atoms with van der Waals surface area (Å²) in [6.07, 6.45) is 0.374. The van der Waals surface area contributed by atoms with E-state index in [0.717, 1.165) is 6.54 Å². The van der Waals surface area contributed by atoms with Crippen LogP contribution in [-0.2, 0) is 0 Å². The molecule has 8 heavy (non-hydrogen) atoms. The second-order valence-electron chi connectivity index (χ2n) is 1.75. The second-order valence-corrected chi connectivity index (χ2v) is 1.75. The molecule has 1 unspecified atom stereocenters. The number of nitrogens with two attached hydrogens (primary N) is 1. The van der Waals surface area contributed by atoms with Gasteiger partial charge < -0.3 is 16.4 Å². The highest BCUT2D eigenvalue weighted by molar-refractivity contribution is 4.53. The largest absolute Gasteiger partial charge is 0.329 e. The molecule has 0 spiro atoms. The van der Waals surface area contributed by atoms with E-state index in [0.29, 0.717) is 12.7 Å². The van der Waals surface area contributed by atoms with Gasteiger partial charge in [0.25, 0.3) is 0 Å². The van der Waals surface area contributed by atoms with Crippen molar-refractivity contribution in [3.05, 3.63) is 0 Å². The zero-order chi connectivity index (χ0) is 6.41. The summed E-state index contributed by atoms with van der Waals surface area (Å²) in [5, 5.41) is 6.18. The molecule has 0 rings (SSSR count). The van der Waals surface area contributed by atoms with Gasteiger partial charge in [0, 0.05) is 13.1 Å². The van der Waals surface area contributed by atoms with Crippen LogP contribution in [0.1, 0.15) is 6.92 Å². The summed E-state index contributed by atoms with van der Waals surface area (Å²) in [7, 11) is 1.91. The molecule has 0 saturated heterocycles. The summed E-state index contributed by atoms with van der Waals surface area (Å²) in [5.74, 6) is 0. The third kappa shape index (κ3) is 4.05. The molecule has 3 nitrogen and oxygen atoms in total. The van der Waals surface area contributed by atoms with Gasteiger partial charge in [0.15, 0.2) is 0 Å². The normalized spacial score (nSPS) is 13.9. The van der Waals surface area contributed by atoms with Crippen LogP contribution in [0, 0.1) is 0 Å². The minimum atomic E-state index is 0.374. The fourth-order valence-corrected chi connectivity index (χ4v) is 0.402. The van der Waals surface area contributed by atoms with Crippen molar-refractivity contribution in [1.29, 1.82) is 0 Å². The molecule has 50 valence electrons. The van der Waals surface area contributed by atoms with Crippen LogP contribution in [0.4, 0.5) is 0 Å². The SMILES string of the molecule is CNC(C)NCCN. The average Bonchev–Trinajstić information content (AvgIpc) is 1.83. The average molecular weight is 117 g/mol. The van der Waals surface area contributed by atoms with E-state index in [1.165, 1.54) is 0 Å². The first-order chi connectivity index (χ1) is 3.81. The smallest absolute Gasteiger partial charge is 0.0540 e. The maximum absolute atomic E-state index is 5.24. The van der Waals surface area contributed by atoms with E-state index in [1.807, 2.05) is 7.05 Å². The first kappa shape index (κ1) is 7.88. The van der Waals surface area contributed by atoms with E-state index in [9.17, 15) is 0 Å². The summed E-state index contributed by atoms with van der Waals surface area (Å²) < 4.78 is 0. The van der Waals surface area contributed by atoms with E-state index in [-0.39, 0.29) is 0 Å². The third-order valence-electron chi connectivity index (χ3n) is 1.03. The van der Waals surface area contributed by atoms with Crippen molar-refractivity contribution in [3.63, 3.8) is 0 Å². The molecule has 0 aliphatic carbocycles. The molecular weight excluding hydrogens is 102 g/mol. The zero-order valence-electron chi connectivity index (χ0n) is 5.57. The molecule has 0 fully saturated rings. The summed E-state index contributed by atoms with van der Waals surface area (Å²) in [6, 6.07) is 0. The first-order valence-corrected chi connectivity index (χ1v) is 2.92. The molecule has 0 aromatic rings. The Balaban J connectivity index is 2.86. The van der Waals surface area contributed by atoms with Crippen LogP contribution >= 0.6 is 0 Å². The maximum Gasteiger partial charge on any atom is 0.0540 e. The van der Waals surface area contributed by atoms with Gasteiger partial charge in [-0.2, -0.15) is 0 Å². The Morgan fingerprint density at radius 3 is 2.62 bits per heavy atom. The highest BCUT2D eigenvalue weighted by Crippen LogP contribution is 1.66. The molecule has 0 aromatic heterocycles. The van der Waals surface area contributed by atoms with Gasteiger partial charge in [0.2, 0.25) is 0 Å². The van der Waals surface area contributed by atoms with Crippen LogP contribution in [0.25, 0.3) is 0 Å². The Morgan fingerprint density at radius 2 is 2.25 bits per heavy atom. The number of rotatable bonds is 4. The molecule has 1 atom stereocenters. The Hall–Kier alpha value is -0.120. The maximum atomic E-state index is 5.24. The quantitative estimate of drug-likeness (QED) is 0.418. The summed E-state index contributed by atoms with van der Waals surface area (Å²) in [6.45, 7) is 3.63. The minimum absolute atomic E-state index is 0.374. The minimum Gasteiger partial charge on any atom is -0.329 e. The molecule has 0 amide bonds. The Bertz CT molecular complexity index is 46.9. The van der Waals surface area contributed by atoms with Crippen molar-refractivity contribution in [2.75, 3.05) is 20.1 Å². The van der Waals surface area contributed by atoms with Gasteiger partial charge in [0.1, 0.15) is 0 Å². The Labute approximate surface area is 50.6 Å². The second kappa shape index (κ2) is 5.03. The van der Waals surface area contributed by atoms with Crippen LogP contribution in [0.15, 0.2) is 0 Å². The van der Waals surface area contributed by atoms with Crippen molar-refractivity contribution in [3.8, 4) is 0 Å². The van der Waals surface area contributed by atoms with Crippen LogP contribution in [0.5, 0.6) is 0 Å². The van der Waals surface area contributed by atoms with Crippen LogP contribution in [-0.4, -0.2) is 26.3 Å². The number of nitrogens with one attached hydrogen (secondary N) is 2. The lowest BCUT2D eigenvalue weighted by atomic mass is 10.5. The Kier molecular flexibility index (Phi) is 4.95. The van der Waals surface area contributed by atoms with Crippen LogP contribution < -0.4 is 16.4 Å². The van der Waals surface area contributed by atoms with E-state index < -0.39 is 0 Å². The lowest BCUT2D eigenvalue weighted by Gasteiger charge is -2.10. The van der Waals surface area contributed by atoms with Crippen molar-refractivity contribution in [2.24, 2.45) is 5.73 Å². The number of hydrogen-bond donors (Lipinski definition) is 3. The zero-order valence-corrected chi connectivity index (χ0v) is 5.57. The lowest BCUT2D eigenvalue weighted by Crippen LogP contribution is -2.39. The van der Waals surface area contributed by atoms with Crippen molar-refractivity contribution < 1.29 is 0 Å². The van der Waals surface area contributed by atoms with Gasteiger partial charge in [-0.05, 0) is 14.0 Å². The lowest BCUT2D eigenvalue weighted by molar-refractivity contribution is 0.496. The van der Waals surface area contributed by atoms with E-state index in [2.05, 4.69) is 17.6 Å². The standard InChI is InChI=1S/C5H15N3/c1-5(7-2)8-4-3-6/h5,7-8H,3-4,6H2,1-2H3. The topological polar surface area (TPSA) is 50.1 Å². The monoisotopic (exact) mass is 117 g/mol. The van der Waals surface area contributed by atoms with E-state index >= 15 is 0 Å². The highest BCUT2D eigenvalue weighted by atomic mass is 15.1. The third-order valence-corrected chi connectivity index (χ3v) is 1.03. The molecule has 0 saturated carbocycles. The Morgan fingerprint density at radius 1 is 1.62 bits per heavy atom. The molecular formula is C5H15N3. The van der Waals surface area contributed by atoms with Crippen molar-refractivity contribution in [2.45, 2.75) is 13.1 Å². The summed E-state index contributed by atoms with van der Waals surface area (Å²) in [5.41, 5.74) is 5.24. The van der Waals surface area contributed by atoms with Gasteiger partial charge in [-0.15, -0.1) is 0 Å². The first-order valence-electron chi connectivity index (χ1n) is 2.92. The van der Waals surface area contributed by atoms with Gasteiger partial charge >= 0.3 is 0 Å². The van der Waals surface area contributed by atoms with Gasteiger partial charge in [-0.3, -0.25) is 0 Å². The molecule has 3 heteroatoms. The summed E-state index contributed by atoms with van der Waals surface area (Å²) in [4.78, 5) is 0. The van der Waals surface area contributed by atoms with Gasteiger partial charge in [0.05, 0.1) is 6.17 Å². The van der Waals surface area contributed by atoms with E-state index in [1.54, 1.807) is 0 Å². The summed E-state index contributed by atoms with van der Waals surface area (Å²) >= 11 is 0. The fourth-order valence-electron chi connectivity index (χ4n) is 0.402. The molecule has 0 aliphatic heterocycles. The van der Waals surface area contributed by atoms with E-state index in [4.69, 9.17) is 5.73 Å². The van der Waals surface area contributed by atoms with Gasteiger partial charge in [-0.1, -0.05) is 0 Å². The molecule has 4 N–H and O–H groups in total. The van der Waals surface area contributed by atoms with Crippen LogP contribution in [0.3, 0.4) is 0 Å². The predicted molar refractivity (Wildman–Crippen MR) is 35.6 cm³/mol. The fraction of sp³-hybridized carbons (Fsp3) is 1.00. The van der Waals surface area contributed by atoms with Gasteiger partial charge in [-0.25, -0.2) is 0 Å². The number of hydrogen-bond acceptors (Lipinski definition) is 3. The predicted octanol–water partition coefficient (Wildman–Crippen LogP) is -0.900. The highest BCUT2D eigenvalue weighted by Gasteiger charge is 1.90.